The highest BCUT2D eigenvalue weighted by atomic mass is 35.5. The lowest BCUT2D eigenvalue weighted by Crippen LogP contribution is -2.40. The number of hydrogen-bond acceptors (Lipinski definition) is 4. The van der Waals surface area contributed by atoms with Gasteiger partial charge in [0.2, 0.25) is 10.0 Å². The maximum absolute atomic E-state index is 12.7. The number of piperidine rings is 1. The fourth-order valence-electron chi connectivity index (χ4n) is 2.66. The number of halogens is 2. The highest BCUT2D eigenvalue weighted by molar-refractivity contribution is 7.98. The van der Waals surface area contributed by atoms with Crippen molar-refractivity contribution in [1.82, 2.24) is 9.62 Å². The molecule has 1 saturated heterocycles. The predicted molar refractivity (Wildman–Crippen MR) is 101 cm³/mol. The molecular weight excluding hydrogens is 375 g/mol. The van der Waals surface area contributed by atoms with Crippen molar-refractivity contribution in [1.29, 1.82) is 0 Å². The zero-order valence-corrected chi connectivity index (χ0v) is 16.6. The van der Waals surface area contributed by atoms with Gasteiger partial charge in [-0.1, -0.05) is 18.5 Å². The van der Waals surface area contributed by atoms with Crippen LogP contribution in [-0.4, -0.2) is 45.2 Å². The molecule has 1 N–H and O–H groups in total. The summed E-state index contributed by atoms with van der Waals surface area (Å²) >= 11 is 7.65. The van der Waals surface area contributed by atoms with Gasteiger partial charge in [0.15, 0.2) is 0 Å². The average molecular weight is 399 g/mol. The van der Waals surface area contributed by atoms with Crippen molar-refractivity contribution in [3.8, 4) is 0 Å². The van der Waals surface area contributed by atoms with Crippen LogP contribution in [0.3, 0.4) is 0 Å². The minimum absolute atomic E-state index is 0. The first-order valence-electron chi connectivity index (χ1n) is 7.53. The highest BCUT2D eigenvalue weighted by Crippen LogP contribution is 2.30. The normalized spacial score (nSPS) is 17.0. The molecule has 1 aromatic rings. The lowest BCUT2D eigenvalue weighted by atomic mass is 9.98. The van der Waals surface area contributed by atoms with Crippen molar-refractivity contribution in [3.63, 3.8) is 0 Å². The van der Waals surface area contributed by atoms with Crippen molar-refractivity contribution in [2.45, 2.75) is 29.6 Å². The van der Waals surface area contributed by atoms with Gasteiger partial charge in [0.05, 0.1) is 9.92 Å². The van der Waals surface area contributed by atoms with Crippen LogP contribution in [0.5, 0.6) is 0 Å². The lowest BCUT2D eigenvalue weighted by Gasteiger charge is -2.31. The molecule has 0 aliphatic carbocycles. The molecule has 132 valence electrons. The van der Waals surface area contributed by atoms with Crippen LogP contribution in [-0.2, 0) is 10.0 Å². The topological polar surface area (TPSA) is 49.4 Å². The van der Waals surface area contributed by atoms with Crippen LogP contribution in [0.4, 0.5) is 0 Å². The molecule has 1 aliphatic rings. The molecule has 1 aromatic carbocycles. The van der Waals surface area contributed by atoms with Gasteiger partial charge in [-0.05, 0) is 56.3 Å². The Hall–Kier alpha value is 0.0200. The molecule has 23 heavy (non-hydrogen) atoms. The van der Waals surface area contributed by atoms with E-state index in [-0.39, 0.29) is 12.4 Å². The molecule has 0 spiro atoms. The van der Waals surface area contributed by atoms with E-state index in [1.54, 1.807) is 22.5 Å². The molecule has 0 unspecified atom stereocenters. The summed E-state index contributed by atoms with van der Waals surface area (Å²) in [6.45, 7) is 5.18. The number of sulfonamides is 1. The second-order valence-corrected chi connectivity index (χ2v) is 8.64. The molecule has 0 bridgehead atoms. The lowest BCUT2D eigenvalue weighted by molar-refractivity contribution is 0.268. The van der Waals surface area contributed by atoms with E-state index in [4.69, 9.17) is 11.6 Å². The predicted octanol–water partition coefficient (Wildman–Crippen LogP) is 3.49. The number of benzene rings is 1. The van der Waals surface area contributed by atoms with Crippen LogP contribution in [0, 0.1) is 5.92 Å². The third kappa shape index (κ3) is 5.25. The van der Waals surface area contributed by atoms with Gasteiger partial charge in [-0.3, -0.25) is 0 Å². The Labute approximate surface area is 154 Å². The van der Waals surface area contributed by atoms with Crippen molar-refractivity contribution in [3.05, 3.63) is 23.2 Å². The van der Waals surface area contributed by atoms with Crippen molar-refractivity contribution in [2.75, 3.05) is 32.4 Å². The summed E-state index contributed by atoms with van der Waals surface area (Å²) in [6.07, 6.45) is 3.73. The summed E-state index contributed by atoms with van der Waals surface area (Å²) in [5, 5.41) is 3.83. The van der Waals surface area contributed by atoms with E-state index in [9.17, 15) is 8.42 Å². The number of nitrogens with one attached hydrogen (secondary N) is 1. The van der Waals surface area contributed by atoms with Gasteiger partial charge in [-0.15, -0.1) is 24.2 Å². The summed E-state index contributed by atoms with van der Waals surface area (Å²) in [5.41, 5.74) is 0. The second kappa shape index (κ2) is 9.49. The van der Waals surface area contributed by atoms with Gasteiger partial charge in [0, 0.05) is 18.0 Å². The maximum atomic E-state index is 12.7. The summed E-state index contributed by atoms with van der Waals surface area (Å²) < 4.78 is 27.0. The SMILES string of the molecule is CCNCC1CCN(S(=O)(=O)c2ccc(SC)c(Cl)c2)CC1.Cl. The molecule has 1 heterocycles. The Kier molecular flexibility index (Phi) is 8.69. The molecule has 8 heteroatoms. The molecule has 0 saturated carbocycles. The van der Waals surface area contributed by atoms with Gasteiger partial charge in [-0.25, -0.2) is 8.42 Å². The summed E-state index contributed by atoms with van der Waals surface area (Å²) in [6, 6.07) is 4.99. The van der Waals surface area contributed by atoms with Crippen molar-refractivity contribution >= 4 is 45.8 Å². The van der Waals surface area contributed by atoms with Gasteiger partial charge >= 0.3 is 0 Å². The molecule has 0 amide bonds. The quantitative estimate of drug-likeness (QED) is 0.744. The van der Waals surface area contributed by atoms with Gasteiger partial charge in [0.25, 0.3) is 0 Å². The average Bonchev–Trinajstić information content (AvgIpc) is 2.53. The van der Waals surface area contributed by atoms with Crippen LogP contribution >= 0.6 is 35.8 Å². The zero-order valence-electron chi connectivity index (χ0n) is 13.4. The standard InChI is InChI=1S/C15H23ClN2O2S2.ClH/c1-3-17-11-12-6-8-18(9-7-12)22(19,20)13-4-5-15(21-2)14(16)10-13;/h4-5,10,12,17H,3,6-9,11H2,1-2H3;1H. The van der Waals surface area contributed by atoms with E-state index >= 15 is 0 Å². The molecule has 0 atom stereocenters. The Morgan fingerprint density at radius 3 is 2.52 bits per heavy atom. The van der Waals surface area contributed by atoms with E-state index < -0.39 is 10.0 Å². The molecular formula is C15H24Cl2N2O2S2. The number of thioether (sulfide) groups is 1. The van der Waals surface area contributed by atoms with Gasteiger partial charge in [-0.2, -0.15) is 4.31 Å². The van der Waals surface area contributed by atoms with Crippen molar-refractivity contribution in [2.24, 2.45) is 5.92 Å². The summed E-state index contributed by atoms with van der Waals surface area (Å²) in [7, 11) is -3.43. The van der Waals surface area contributed by atoms with E-state index in [0.29, 0.717) is 28.9 Å². The smallest absolute Gasteiger partial charge is 0.243 e. The van der Waals surface area contributed by atoms with E-state index in [0.717, 1.165) is 30.8 Å². The molecule has 1 aliphatic heterocycles. The fourth-order valence-corrected chi connectivity index (χ4v) is 5.09. The first-order chi connectivity index (χ1) is 10.5. The van der Waals surface area contributed by atoms with Gasteiger partial charge in [0.1, 0.15) is 0 Å². The van der Waals surface area contributed by atoms with Crippen LogP contribution in [0.1, 0.15) is 19.8 Å². The van der Waals surface area contributed by atoms with Crippen LogP contribution in [0.15, 0.2) is 28.0 Å². The fraction of sp³-hybridized carbons (Fsp3) is 0.600. The van der Waals surface area contributed by atoms with Crippen LogP contribution in [0.25, 0.3) is 0 Å². The van der Waals surface area contributed by atoms with Gasteiger partial charge < -0.3 is 5.32 Å². The first-order valence-corrected chi connectivity index (χ1v) is 10.6. The third-order valence-electron chi connectivity index (χ3n) is 4.02. The third-order valence-corrected chi connectivity index (χ3v) is 7.13. The van der Waals surface area contributed by atoms with Crippen molar-refractivity contribution < 1.29 is 8.42 Å². The van der Waals surface area contributed by atoms with Crippen LogP contribution < -0.4 is 5.32 Å². The first kappa shape index (κ1) is 21.1. The Bertz CT molecular complexity index is 603. The Morgan fingerprint density at radius 1 is 1.35 bits per heavy atom. The number of hydrogen-bond donors (Lipinski definition) is 1. The zero-order chi connectivity index (χ0) is 16.2. The van der Waals surface area contributed by atoms with Crippen LogP contribution in [0.2, 0.25) is 5.02 Å². The maximum Gasteiger partial charge on any atom is 0.243 e. The molecule has 1 fully saturated rings. The Balaban J connectivity index is 0.00000264. The Morgan fingerprint density at radius 2 is 2.00 bits per heavy atom. The largest absolute Gasteiger partial charge is 0.317 e. The number of rotatable bonds is 6. The summed E-state index contributed by atoms with van der Waals surface area (Å²) in [4.78, 5) is 1.19. The minimum Gasteiger partial charge on any atom is -0.317 e. The molecule has 0 radical (unpaired) electrons. The highest BCUT2D eigenvalue weighted by Gasteiger charge is 2.29. The van der Waals surface area contributed by atoms with E-state index in [1.807, 2.05) is 6.26 Å². The molecule has 4 nitrogen and oxygen atoms in total. The molecule has 2 rings (SSSR count). The monoisotopic (exact) mass is 398 g/mol. The molecule has 0 aromatic heterocycles. The van der Waals surface area contributed by atoms with E-state index in [2.05, 4.69) is 12.2 Å². The minimum atomic E-state index is -3.43. The number of nitrogens with zero attached hydrogens (tertiary/aromatic N) is 1. The summed E-state index contributed by atoms with van der Waals surface area (Å²) in [5.74, 6) is 0.564. The van der Waals surface area contributed by atoms with E-state index in [1.165, 1.54) is 11.8 Å². The second-order valence-electron chi connectivity index (χ2n) is 5.45.